The van der Waals surface area contributed by atoms with Gasteiger partial charge in [0, 0.05) is 136 Å². The summed E-state index contributed by atoms with van der Waals surface area (Å²) in [6, 6.07) is 107. The number of carboxylic acids is 4. The van der Waals surface area contributed by atoms with Gasteiger partial charge in [-0.25, -0.2) is 16.8 Å². The Balaban J connectivity index is 0.000000158. The van der Waals surface area contributed by atoms with Gasteiger partial charge in [-0.1, -0.05) is 360 Å². The van der Waals surface area contributed by atoms with Crippen molar-refractivity contribution in [3.05, 3.63) is 406 Å². The Kier molecular flexibility index (Phi) is 36.3. The molecule has 0 aliphatic carbocycles. The number of piperazine rings is 2. The van der Waals surface area contributed by atoms with E-state index < -0.39 is 43.9 Å². The molecule has 2 aliphatic rings. The number of benzene rings is 16. The fraction of sp³-hybridized carbons (Fsp3) is 0.172. The predicted molar refractivity (Wildman–Crippen MR) is 544 cm³/mol. The zero-order chi connectivity index (χ0) is 97.1. The Morgan fingerprint density at radius 2 is 0.399 bits per heavy atom. The van der Waals surface area contributed by atoms with Crippen LogP contribution in [0.2, 0.25) is 0 Å². The number of sulfonamides is 2. The third-order valence-electron chi connectivity index (χ3n) is 24.0. The first-order valence-electron chi connectivity index (χ1n) is 45.0. The Bertz CT molecular complexity index is 6220. The molecule has 16 aromatic rings. The number of carbonyl (C=O) groups excluding carboxylic acids is 4. The van der Waals surface area contributed by atoms with E-state index >= 15 is 0 Å². The second-order valence-corrected chi connectivity index (χ2v) is 38.2. The second-order valence-electron chi connectivity index (χ2n) is 34.3. The summed E-state index contributed by atoms with van der Waals surface area (Å²) in [6.45, 7) is 20.9. The molecule has 2 N–H and O–H groups in total. The van der Waals surface area contributed by atoms with Gasteiger partial charge in [0.25, 0.3) is 0 Å². The van der Waals surface area contributed by atoms with E-state index in [0.717, 1.165) is 122 Å². The quantitative estimate of drug-likeness (QED) is 0.0808. The molecule has 2 heterocycles. The van der Waals surface area contributed by atoms with Crippen molar-refractivity contribution >= 4 is 76.8 Å². The molecule has 18 nitrogen and oxygen atoms in total. The first kappa shape index (κ1) is 105. The van der Waals surface area contributed by atoms with Crippen molar-refractivity contribution in [3.63, 3.8) is 0 Å². The standard InChI is InChI=1S/4C21H18O2.2C16H21N3O2S.2Co/c4*1-14-6-10-16(11-7-14)18-4-3-5-19(20(18)21(22)23)17-12-8-15(2)9-13-17;2*1-18(2)15-7-3-6-14-13(15)5-4-8-16(14)22(20,21)19-11-9-17-10-12-19;;/h4*3-13H,1-2H3,(H,22,23);2*3-8,17H,9-12H2,1-2H3;;/q;;;;;;2*+2/p-4. The average molecular weight is 1960 g/mol. The third-order valence-corrected chi connectivity index (χ3v) is 28.0. The number of nitrogens with zero attached hydrogens (tertiary/aromatic N) is 4. The summed E-state index contributed by atoms with van der Waals surface area (Å²) in [5.41, 5.74) is 24.6. The number of carbonyl (C=O) groups is 4. The molecule has 706 valence electrons. The number of fused-ring (bicyclic) bond motifs is 2. The molecule has 0 aromatic heterocycles. The van der Waals surface area contributed by atoms with Crippen molar-refractivity contribution in [2.24, 2.45) is 0 Å². The van der Waals surface area contributed by atoms with Gasteiger partial charge in [-0.05, 0) is 169 Å². The molecule has 16 aromatic carbocycles. The summed E-state index contributed by atoms with van der Waals surface area (Å²) in [7, 11) is 0.946. The topological polar surface area (TPSA) is 266 Å². The molecule has 0 saturated carbocycles. The van der Waals surface area contributed by atoms with Crippen LogP contribution in [-0.4, -0.2) is 130 Å². The zero-order valence-corrected chi connectivity index (χ0v) is 82.9. The van der Waals surface area contributed by atoms with E-state index in [1.54, 1.807) is 20.7 Å². The minimum Gasteiger partial charge on any atom is -0.545 e. The summed E-state index contributed by atoms with van der Waals surface area (Å²) in [5.74, 6) is -4.62. The Hall–Kier alpha value is -13.7. The van der Waals surface area contributed by atoms with Crippen LogP contribution in [0.3, 0.4) is 0 Å². The van der Waals surface area contributed by atoms with Gasteiger partial charge in [0.2, 0.25) is 20.0 Å². The van der Waals surface area contributed by atoms with Crippen LogP contribution >= 0.6 is 0 Å². The van der Waals surface area contributed by atoms with Crippen LogP contribution in [0.25, 0.3) is 111 Å². The van der Waals surface area contributed by atoms with Gasteiger partial charge in [-0.2, -0.15) is 8.61 Å². The predicted octanol–water partition coefficient (Wildman–Crippen LogP) is 19.0. The number of nitrogens with one attached hydrogen (secondary N) is 2. The van der Waals surface area contributed by atoms with Crippen LogP contribution in [0.15, 0.2) is 350 Å². The van der Waals surface area contributed by atoms with Crippen LogP contribution < -0.4 is 40.9 Å². The molecule has 0 amide bonds. The van der Waals surface area contributed by atoms with Crippen LogP contribution in [0.4, 0.5) is 11.4 Å². The van der Waals surface area contributed by atoms with E-state index in [0.29, 0.717) is 107 Å². The molecule has 22 heteroatoms. The van der Waals surface area contributed by atoms with E-state index in [9.17, 15) is 56.4 Å². The molecule has 0 atom stereocenters. The molecule has 0 spiro atoms. The largest absolute Gasteiger partial charge is 2.00 e. The molecule has 18 rings (SSSR count). The normalized spacial score (nSPS) is 12.4. The van der Waals surface area contributed by atoms with Crippen LogP contribution in [0.1, 0.15) is 85.9 Å². The van der Waals surface area contributed by atoms with Crippen molar-refractivity contribution in [2.45, 2.75) is 65.2 Å². The summed E-state index contributed by atoms with van der Waals surface area (Å²) in [5, 5.41) is 57.1. The maximum atomic E-state index is 13.0. The number of carboxylic acid groups (broad SMARTS) is 4. The van der Waals surface area contributed by atoms with Crippen molar-refractivity contribution in [1.29, 1.82) is 0 Å². The molecule has 2 fully saturated rings. The number of aromatic carboxylic acids is 4. The van der Waals surface area contributed by atoms with E-state index in [4.69, 9.17) is 0 Å². The summed E-state index contributed by atoms with van der Waals surface area (Å²) < 4.78 is 55.0. The number of hydrogen-bond acceptors (Lipinski definition) is 16. The van der Waals surface area contributed by atoms with Gasteiger partial charge in [0.1, 0.15) is 0 Å². The Morgan fingerprint density at radius 1 is 0.239 bits per heavy atom. The summed E-state index contributed by atoms with van der Waals surface area (Å²) in [6.07, 6.45) is 0. The molecule has 2 saturated heterocycles. The number of aryl methyl sites for hydroxylation is 8. The third kappa shape index (κ3) is 25.4. The minimum atomic E-state index is -3.46. The molecule has 0 bridgehead atoms. The molecular formula is C116H110Co2N6O12S2. The molecule has 138 heavy (non-hydrogen) atoms. The van der Waals surface area contributed by atoms with E-state index in [2.05, 4.69) is 10.6 Å². The minimum absolute atomic E-state index is 0. The van der Waals surface area contributed by atoms with Gasteiger partial charge in [-0.15, -0.1) is 0 Å². The molecular weight excluding hydrogens is 1850 g/mol. The fourth-order valence-electron chi connectivity index (χ4n) is 16.7. The van der Waals surface area contributed by atoms with E-state index in [1.165, 1.54) is 0 Å². The van der Waals surface area contributed by atoms with Crippen molar-refractivity contribution in [1.82, 2.24) is 19.2 Å². The van der Waals surface area contributed by atoms with Crippen LogP contribution in [0.5, 0.6) is 0 Å². The Labute approximate surface area is 830 Å². The van der Waals surface area contributed by atoms with Crippen LogP contribution in [0, 0.1) is 55.4 Å². The van der Waals surface area contributed by atoms with Gasteiger partial charge < -0.3 is 60.0 Å². The van der Waals surface area contributed by atoms with Gasteiger partial charge in [-0.3, -0.25) is 0 Å². The molecule has 2 aliphatic heterocycles. The van der Waals surface area contributed by atoms with Gasteiger partial charge in [0.15, 0.2) is 0 Å². The second kappa shape index (κ2) is 47.8. The monoisotopic (exact) mass is 1960 g/mol. The Morgan fingerprint density at radius 3 is 0.565 bits per heavy atom. The fourth-order valence-corrected chi connectivity index (χ4v) is 20.0. The maximum Gasteiger partial charge on any atom is 2.00 e. The number of rotatable bonds is 18. The zero-order valence-electron chi connectivity index (χ0n) is 79.2. The van der Waals surface area contributed by atoms with Crippen molar-refractivity contribution < 1.29 is 90.0 Å². The van der Waals surface area contributed by atoms with E-state index in [1.807, 2.05) is 421 Å². The van der Waals surface area contributed by atoms with E-state index in [-0.39, 0.29) is 55.8 Å². The average Bonchev–Trinajstić information content (AvgIpc) is 0.747. The maximum absolute atomic E-state index is 13.0. The smallest absolute Gasteiger partial charge is 0.545 e. The van der Waals surface area contributed by atoms with Crippen LogP contribution in [-0.2, 0) is 53.6 Å². The molecule has 0 unspecified atom stereocenters. The van der Waals surface area contributed by atoms with Crippen molar-refractivity contribution in [2.75, 3.05) is 90.3 Å². The first-order valence-corrected chi connectivity index (χ1v) is 47.9. The van der Waals surface area contributed by atoms with Crippen molar-refractivity contribution in [3.8, 4) is 89.0 Å². The summed E-state index contributed by atoms with van der Waals surface area (Å²) >= 11 is 0. The summed E-state index contributed by atoms with van der Waals surface area (Å²) in [4.78, 5) is 52.1. The molecule has 2 radical (unpaired) electrons. The van der Waals surface area contributed by atoms with Gasteiger partial charge >= 0.3 is 33.6 Å². The number of anilines is 2. The first-order chi connectivity index (χ1) is 65.3. The number of hydrogen-bond donors (Lipinski definition) is 2. The van der Waals surface area contributed by atoms with Gasteiger partial charge in [0.05, 0.1) is 33.7 Å². The SMILES string of the molecule is CN(C)c1cccc2c(S(=O)(=O)N3CCNCC3)cccc12.CN(C)c1cccc2c(S(=O)(=O)N3CCNCC3)cccc12.Cc1ccc(-c2cccc(-c3ccc(C)cc3)c2C(=O)[O-])cc1.Cc1ccc(-c2cccc(-c3ccc(C)cc3)c2C(=O)[O-])cc1.Cc1ccc(-c2cccc(-c3ccc(C)cc3)c2C(=O)[O-])cc1.Cc1ccc(-c2cccc(-c3ccc(C)cc3)c2C(=O)[O-])cc1.[Co+2].[Co+2].